The number of benzene rings is 2. The maximum absolute atomic E-state index is 12.6. The molecule has 0 saturated carbocycles. The predicted molar refractivity (Wildman–Crippen MR) is 115 cm³/mol. The van der Waals surface area contributed by atoms with Gasteiger partial charge in [0.1, 0.15) is 5.75 Å². The van der Waals surface area contributed by atoms with Gasteiger partial charge in [-0.3, -0.25) is 9.59 Å². The Hall–Kier alpha value is -2.82. The van der Waals surface area contributed by atoms with Crippen molar-refractivity contribution in [3.05, 3.63) is 59.7 Å². The van der Waals surface area contributed by atoms with Crippen molar-refractivity contribution in [3.63, 3.8) is 0 Å². The van der Waals surface area contributed by atoms with E-state index >= 15 is 0 Å². The van der Waals surface area contributed by atoms with Gasteiger partial charge in [-0.25, -0.2) is 0 Å². The van der Waals surface area contributed by atoms with E-state index < -0.39 is 6.10 Å². The Labute approximate surface area is 173 Å². The lowest BCUT2D eigenvalue weighted by Gasteiger charge is -2.30. The van der Waals surface area contributed by atoms with Gasteiger partial charge in [-0.15, -0.1) is 0 Å². The summed E-state index contributed by atoms with van der Waals surface area (Å²) < 4.78 is 5.72. The van der Waals surface area contributed by atoms with E-state index in [-0.39, 0.29) is 11.8 Å². The van der Waals surface area contributed by atoms with E-state index in [1.807, 2.05) is 29.2 Å². The minimum atomic E-state index is -0.626. The van der Waals surface area contributed by atoms with Gasteiger partial charge in [0.2, 0.25) is 0 Å². The highest BCUT2D eigenvalue weighted by Crippen LogP contribution is 2.20. The topological polar surface area (TPSA) is 58.6 Å². The van der Waals surface area contributed by atoms with E-state index in [1.165, 1.54) is 5.56 Å². The Bertz CT molecular complexity index is 822. The monoisotopic (exact) mass is 394 g/mol. The summed E-state index contributed by atoms with van der Waals surface area (Å²) in [7, 11) is 0. The van der Waals surface area contributed by atoms with Crippen molar-refractivity contribution in [1.29, 1.82) is 0 Å². The Morgan fingerprint density at radius 2 is 1.69 bits per heavy atom. The van der Waals surface area contributed by atoms with Gasteiger partial charge < -0.3 is 15.0 Å². The molecule has 1 unspecified atom stereocenters. The lowest BCUT2D eigenvalue weighted by molar-refractivity contribution is -0.122. The first-order valence-electron chi connectivity index (χ1n) is 10.4. The van der Waals surface area contributed by atoms with E-state index in [1.54, 1.807) is 31.2 Å². The first-order chi connectivity index (χ1) is 14.0. The quantitative estimate of drug-likeness (QED) is 0.783. The summed E-state index contributed by atoms with van der Waals surface area (Å²) in [5, 5.41) is 2.85. The van der Waals surface area contributed by atoms with Gasteiger partial charge >= 0.3 is 0 Å². The minimum absolute atomic E-state index is 0.0574. The molecule has 2 aromatic rings. The van der Waals surface area contributed by atoms with E-state index in [0.29, 0.717) is 22.9 Å². The zero-order valence-corrected chi connectivity index (χ0v) is 17.5. The number of aryl methyl sites for hydroxylation is 1. The van der Waals surface area contributed by atoms with Crippen LogP contribution >= 0.6 is 0 Å². The molecular formula is C24H30N2O3. The first-order valence-corrected chi connectivity index (χ1v) is 10.4. The number of carbonyl (C=O) groups is 2. The lowest BCUT2D eigenvalue weighted by atomic mass is 9.98. The molecule has 29 heavy (non-hydrogen) atoms. The maximum atomic E-state index is 12.6. The number of hydrogen-bond acceptors (Lipinski definition) is 3. The van der Waals surface area contributed by atoms with E-state index in [2.05, 4.69) is 19.2 Å². The third kappa shape index (κ3) is 5.59. The molecule has 1 aliphatic rings. The molecule has 1 fully saturated rings. The van der Waals surface area contributed by atoms with Crippen molar-refractivity contribution < 1.29 is 14.3 Å². The average molecular weight is 395 g/mol. The molecule has 0 radical (unpaired) electrons. The molecule has 0 aromatic heterocycles. The van der Waals surface area contributed by atoms with Crippen molar-refractivity contribution in [2.24, 2.45) is 5.92 Å². The molecule has 154 valence electrons. The SMILES string of the molecule is CCc1ccc(OC(C)C(=O)Nc2ccc(C(=O)N3CCC(C)CC3)cc2)cc1. The van der Waals surface area contributed by atoms with Crippen LogP contribution < -0.4 is 10.1 Å². The molecule has 0 bridgehead atoms. The molecule has 1 N–H and O–H groups in total. The second kappa shape index (κ2) is 9.59. The van der Waals surface area contributed by atoms with Crippen molar-refractivity contribution >= 4 is 17.5 Å². The number of anilines is 1. The lowest BCUT2D eigenvalue weighted by Crippen LogP contribution is -2.37. The molecule has 3 rings (SSSR count). The smallest absolute Gasteiger partial charge is 0.265 e. The van der Waals surface area contributed by atoms with Crippen LogP contribution in [-0.2, 0) is 11.2 Å². The fraction of sp³-hybridized carbons (Fsp3) is 0.417. The van der Waals surface area contributed by atoms with Crippen molar-refractivity contribution in [2.45, 2.75) is 46.1 Å². The number of piperidine rings is 1. The number of rotatable bonds is 6. The molecule has 5 nitrogen and oxygen atoms in total. The van der Waals surface area contributed by atoms with Crippen LogP contribution in [0.25, 0.3) is 0 Å². The van der Waals surface area contributed by atoms with Gasteiger partial charge in [0.05, 0.1) is 0 Å². The van der Waals surface area contributed by atoms with Gasteiger partial charge in [0.25, 0.3) is 11.8 Å². The average Bonchev–Trinajstić information content (AvgIpc) is 2.75. The summed E-state index contributed by atoms with van der Waals surface area (Å²) in [6.45, 7) is 7.67. The highest BCUT2D eigenvalue weighted by Gasteiger charge is 2.21. The third-order valence-corrected chi connectivity index (χ3v) is 5.48. The van der Waals surface area contributed by atoms with Crippen LogP contribution in [-0.4, -0.2) is 35.9 Å². The molecule has 1 heterocycles. The molecular weight excluding hydrogens is 364 g/mol. The molecule has 1 aliphatic heterocycles. The second-order valence-corrected chi connectivity index (χ2v) is 7.80. The zero-order valence-electron chi connectivity index (χ0n) is 17.5. The number of likely N-dealkylation sites (tertiary alicyclic amines) is 1. The second-order valence-electron chi connectivity index (χ2n) is 7.80. The molecule has 2 aromatic carbocycles. The molecule has 5 heteroatoms. The maximum Gasteiger partial charge on any atom is 0.265 e. The first kappa shape index (κ1) is 20.9. The summed E-state index contributed by atoms with van der Waals surface area (Å²) in [5.41, 5.74) is 2.52. The zero-order chi connectivity index (χ0) is 20.8. The van der Waals surface area contributed by atoms with Crippen LogP contribution in [0.3, 0.4) is 0 Å². The fourth-order valence-electron chi connectivity index (χ4n) is 3.40. The predicted octanol–water partition coefficient (Wildman–Crippen LogP) is 4.53. The number of amides is 2. The van der Waals surface area contributed by atoms with Crippen LogP contribution in [0.2, 0.25) is 0 Å². The largest absolute Gasteiger partial charge is 0.481 e. The number of carbonyl (C=O) groups excluding carboxylic acids is 2. The standard InChI is InChI=1S/C24H30N2O3/c1-4-19-5-11-22(12-6-19)29-18(3)23(27)25-21-9-7-20(8-10-21)24(28)26-15-13-17(2)14-16-26/h5-12,17-18H,4,13-16H2,1-3H3,(H,25,27). The van der Waals surface area contributed by atoms with Gasteiger partial charge in [-0.1, -0.05) is 26.0 Å². The number of nitrogens with zero attached hydrogens (tertiary/aromatic N) is 1. The molecule has 0 aliphatic carbocycles. The third-order valence-electron chi connectivity index (χ3n) is 5.48. The molecule has 1 atom stereocenters. The highest BCUT2D eigenvalue weighted by atomic mass is 16.5. The fourth-order valence-corrected chi connectivity index (χ4v) is 3.40. The highest BCUT2D eigenvalue weighted by molar-refractivity contribution is 5.96. The van der Waals surface area contributed by atoms with Crippen molar-refractivity contribution in [1.82, 2.24) is 4.90 Å². The van der Waals surface area contributed by atoms with E-state index in [9.17, 15) is 9.59 Å². The van der Waals surface area contributed by atoms with E-state index in [4.69, 9.17) is 4.74 Å². The summed E-state index contributed by atoms with van der Waals surface area (Å²) in [6, 6.07) is 14.8. The minimum Gasteiger partial charge on any atom is -0.481 e. The van der Waals surface area contributed by atoms with Crippen LogP contribution in [0.5, 0.6) is 5.75 Å². The Morgan fingerprint density at radius 3 is 2.28 bits per heavy atom. The molecule has 1 saturated heterocycles. The number of ether oxygens (including phenoxy) is 1. The van der Waals surface area contributed by atoms with Gasteiger partial charge in [0, 0.05) is 24.3 Å². The van der Waals surface area contributed by atoms with Gasteiger partial charge in [-0.2, -0.15) is 0 Å². The van der Waals surface area contributed by atoms with Gasteiger partial charge in [-0.05, 0) is 74.1 Å². The summed E-state index contributed by atoms with van der Waals surface area (Å²) in [5.74, 6) is 1.18. The van der Waals surface area contributed by atoms with Crippen molar-refractivity contribution in [3.8, 4) is 5.75 Å². The number of hydrogen-bond donors (Lipinski definition) is 1. The Balaban J connectivity index is 1.54. The summed E-state index contributed by atoms with van der Waals surface area (Å²) in [4.78, 5) is 27.0. The summed E-state index contributed by atoms with van der Waals surface area (Å²) in [6.07, 6.45) is 2.45. The van der Waals surface area contributed by atoms with Crippen LogP contribution in [0, 0.1) is 5.92 Å². The Kier molecular flexibility index (Phi) is 6.91. The van der Waals surface area contributed by atoms with Crippen LogP contribution in [0.15, 0.2) is 48.5 Å². The molecule has 0 spiro atoms. The summed E-state index contributed by atoms with van der Waals surface area (Å²) >= 11 is 0. The van der Waals surface area contributed by atoms with Gasteiger partial charge in [0.15, 0.2) is 6.10 Å². The van der Waals surface area contributed by atoms with Crippen molar-refractivity contribution in [2.75, 3.05) is 18.4 Å². The Morgan fingerprint density at radius 1 is 1.07 bits per heavy atom. The van der Waals surface area contributed by atoms with E-state index in [0.717, 1.165) is 32.4 Å². The van der Waals surface area contributed by atoms with Crippen LogP contribution in [0.1, 0.15) is 49.5 Å². The van der Waals surface area contributed by atoms with Crippen LogP contribution in [0.4, 0.5) is 5.69 Å². The normalized spacial score (nSPS) is 15.6. The number of nitrogens with one attached hydrogen (secondary N) is 1. The molecule has 2 amide bonds.